The van der Waals surface area contributed by atoms with Crippen LogP contribution in [-0.2, 0) is 0 Å². The van der Waals surface area contributed by atoms with Gasteiger partial charge in [-0.15, -0.1) is 0 Å². The lowest BCUT2D eigenvalue weighted by molar-refractivity contribution is 0.0963. The second-order valence-corrected chi connectivity index (χ2v) is 5.08. The Hall–Kier alpha value is -0.670. The molecule has 1 aromatic carbocycles. The molecule has 0 saturated heterocycles. The third kappa shape index (κ3) is 3.72. The highest BCUT2D eigenvalue weighted by Gasteiger charge is 2.11. The van der Waals surface area contributed by atoms with Crippen molar-refractivity contribution in [3.8, 4) is 0 Å². The first kappa shape index (κ1) is 13.4. The Kier molecular flexibility index (Phi) is 5.16. The molecule has 0 heterocycles. The summed E-state index contributed by atoms with van der Waals surface area (Å²) in [7, 11) is 2.04. The van der Waals surface area contributed by atoms with Gasteiger partial charge in [0.15, 0.2) is 5.78 Å². The first-order valence-electron chi connectivity index (χ1n) is 5.50. The van der Waals surface area contributed by atoms with Gasteiger partial charge >= 0.3 is 0 Å². The molecule has 0 aliphatic carbocycles. The van der Waals surface area contributed by atoms with Crippen molar-refractivity contribution >= 4 is 21.7 Å². The second-order valence-electron chi connectivity index (χ2n) is 4.23. The van der Waals surface area contributed by atoms with E-state index in [1.54, 1.807) is 0 Å². The molecule has 3 heteroatoms. The van der Waals surface area contributed by atoms with Crippen molar-refractivity contribution in [2.45, 2.75) is 26.3 Å². The molecule has 0 bridgehead atoms. The van der Waals surface area contributed by atoms with E-state index in [1.165, 1.54) is 0 Å². The van der Waals surface area contributed by atoms with Crippen LogP contribution in [0.1, 0.15) is 30.6 Å². The van der Waals surface area contributed by atoms with Crippen LogP contribution >= 0.6 is 15.9 Å². The normalized spacial score (nSPS) is 11.1. The highest BCUT2D eigenvalue weighted by molar-refractivity contribution is 9.10. The molecule has 2 nitrogen and oxygen atoms in total. The summed E-state index contributed by atoms with van der Waals surface area (Å²) in [4.78, 5) is 14.1. The lowest BCUT2D eigenvalue weighted by atomic mass is 10.1. The molecule has 0 radical (unpaired) electrons. The van der Waals surface area contributed by atoms with Gasteiger partial charge in [-0.3, -0.25) is 4.79 Å². The number of carbonyl (C=O) groups excluding carboxylic acids is 1. The Morgan fingerprint density at radius 1 is 1.38 bits per heavy atom. The third-order valence-electron chi connectivity index (χ3n) is 2.75. The smallest absolute Gasteiger partial charge is 0.165 e. The van der Waals surface area contributed by atoms with Crippen LogP contribution in [0.4, 0.5) is 0 Å². The molecular weight excluding hydrogens is 266 g/mol. The van der Waals surface area contributed by atoms with E-state index in [9.17, 15) is 4.79 Å². The maximum atomic E-state index is 11.9. The van der Waals surface area contributed by atoms with Crippen LogP contribution in [0.15, 0.2) is 28.7 Å². The number of rotatable bonds is 5. The average Bonchev–Trinajstić information content (AvgIpc) is 2.25. The Labute approximate surface area is 106 Å². The van der Waals surface area contributed by atoms with Crippen molar-refractivity contribution in [2.24, 2.45) is 0 Å². The molecule has 0 aliphatic heterocycles. The molecule has 0 atom stereocenters. The maximum absolute atomic E-state index is 11.9. The van der Waals surface area contributed by atoms with E-state index >= 15 is 0 Å². The molecular formula is C13H18BrNO. The number of hydrogen-bond donors (Lipinski definition) is 0. The number of benzene rings is 1. The second kappa shape index (κ2) is 6.16. The van der Waals surface area contributed by atoms with E-state index < -0.39 is 0 Å². The van der Waals surface area contributed by atoms with E-state index in [-0.39, 0.29) is 5.78 Å². The summed E-state index contributed by atoms with van der Waals surface area (Å²) in [5.74, 6) is 0.194. The van der Waals surface area contributed by atoms with Crippen molar-refractivity contribution in [3.05, 3.63) is 34.3 Å². The van der Waals surface area contributed by atoms with E-state index in [0.717, 1.165) is 16.6 Å². The first-order chi connectivity index (χ1) is 7.52. The van der Waals surface area contributed by atoms with Crippen molar-refractivity contribution < 1.29 is 4.79 Å². The highest BCUT2D eigenvalue weighted by Crippen LogP contribution is 2.17. The molecule has 0 unspecified atom stereocenters. The number of nitrogens with zero attached hydrogens (tertiary/aromatic N) is 1. The van der Waals surface area contributed by atoms with Gasteiger partial charge in [-0.2, -0.15) is 0 Å². The Morgan fingerprint density at radius 3 is 2.56 bits per heavy atom. The highest BCUT2D eigenvalue weighted by atomic mass is 79.9. The molecule has 0 spiro atoms. The average molecular weight is 284 g/mol. The summed E-state index contributed by atoms with van der Waals surface area (Å²) in [6.07, 6.45) is 0.567. The molecule has 0 aromatic heterocycles. The van der Waals surface area contributed by atoms with Crippen LogP contribution in [0.25, 0.3) is 0 Å². The minimum atomic E-state index is 0.194. The van der Waals surface area contributed by atoms with Gasteiger partial charge in [0.25, 0.3) is 0 Å². The largest absolute Gasteiger partial charge is 0.304 e. The van der Waals surface area contributed by atoms with E-state index in [1.807, 2.05) is 31.3 Å². The summed E-state index contributed by atoms with van der Waals surface area (Å²) in [6.45, 7) is 5.06. The van der Waals surface area contributed by atoms with Gasteiger partial charge in [0.1, 0.15) is 0 Å². The van der Waals surface area contributed by atoms with Crippen LogP contribution in [0.3, 0.4) is 0 Å². The van der Waals surface area contributed by atoms with Gasteiger partial charge in [-0.25, -0.2) is 0 Å². The van der Waals surface area contributed by atoms with Gasteiger partial charge in [0.05, 0.1) is 0 Å². The molecule has 1 aromatic rings. The number of ketones is 1. The molecule has 0 N–H and O–H groups in total. The van der Waals surface area contributed by atoms with Crippen molar-refractivity contribution in [1.29, 1.82) is 0 Å². The monoisotopic (exact) mass is 283 g/mol. The Bertz CT molecular complexity index is 363. The maximum Gasteiger partial charge on any atom is 0.165 e. The lowest BCUT2D eigenvalue weighted by Gasteiger charge is -2.20. The Balaban J connectivity index is 2.57. The van der Waals surface area contributed by atoms with Crippen molar-refractivity contribution in [2.75, 3.05) is 13.6 Å². The predicted octanol–water partition coefficient (Wildman–Crippen LogP) is 3.36. The summed E-state index contributed by atoms with van der Waals surface area (Å²) < 4.78 is 0.882. The number of carbonyl (C=O) groups is 1. The fourth-order valence-electron chi connectivity index (χ4n) is 1.36. The van der Waals surface area contributed by atoms with Crippen molar-refractivity contribution in [3.63, 3.8) is 0 Å². The summed E-state index contributed by atoms with van der Waals surface area (Å²) in [5, 5.41) is 0. The zero-order valence-electron chi connectivity index (χ0n) is 10.0. The zero-order valence-corrected chi connectivity index (χ0v) is 11.6. The number of Topliss-reactive ketones (excluding diaryl/α,β-unsaturated/α-hetero) is 1. The quantitative estimate of drug-likeness (QED) is 0.773. The van der Waals surface area contributed by atoms with Crippen molar-refractivity contribution in [1.82, 2.24) is 4.90 Å². The molecule has 0 amide bonds. The van der Waals surface area contributed by atoms with Crippen LogP contribution in [0.2, 0.25) is 0 Å². The minimum Gasteiger partial charge on any atom is -0.304 e. The van der Waals surface area contributed by atoms with Gasteiger partial charge in [0, 0.05) is 29.0 Å². The summed E-state index contributed by atoms with van der Waals surface area (Å²) >= 11 is 3.40. The van der Waals surface area contributed by atoms with E-state index in [0.29, 0.717) is 12.5 Å². The van der Waals surface area contributed by atoms with Gasteiger partial charge in [-0.05, 0) is 27.0 Å². The lowest BCUT2D eigenvalue weighted by Crippen LogP contribution is -2.28. The standard InChI is InChI=1S/C13H18BrNO/c1-10(2)15(3)9-8-13(16)11-6-4-5-7-12(11)14/h4-7,10H,8-9H2,1-3H3. The van der Waals surface area contributed by atoms with Crippen LogP contribution in [0, 0.1) is 0 Å². The summed E-state index contributed by atoms with van der Waals surface area (Å²) in [5.41, 5.74) is 0.777. The topological polar surface area (TPSA) is 20.3 Å². The van der Waals surface area contributed by atoms with Gasteiger partial charge in [0.2, 0.25) is 0 Å². The molecule has 0 aliphatic rings. The molecule has 88 valence electrons. The van der Waals surface area contributed by atoms with Gasteiger partial charge in [-0.1, -0.05) is 34.1 Å². The van der Waals surface area contributed by atoms with Gasteiger partial charge < -0.3 is 4.90 Å². The number of halogens is 1. The van der Waals surface area contributed by atoms with E-state index in [2.05, 4.69) is 34.7 Å². The molecule has 16 heavy (non-hydrogen) atoms. The SMILES string of the molecule is CC(C)N(C)CCC(=O)c1ccccc1Br. The minimum absolute atomic E-state index is 0.194. The number of hydrogen-bond acceptors (Lipinski definition) is 2. The predicted molar refractivity (Wildman–Crippen MR) is 70.9 cm³/mol. The molecule has 1 rings (SSSR count). The van der Waals surface area contributed by atoms with Crippen LogP contribution in [0.5, 0.6) is 0 Å². The fraction of sp³-hybridized carbons (Fsp3) is 0.462. The molecule has 0 saturated carbocycles. The van der Waals surface area contributed by atoms with Crippen LogP contribution in [-0.4, -0.2) is 30.3 Å². The third-order valence-corrected chi connectivity index (χ3v) is 3.44. The summed E-state index contributed by atoms with van der Waals surface area (Å²) in [6, 6.07) is 8.05. The van der Waals surface area contributed by atoms with Crippen LogP contribution < -0.4 is 0 Å². The molecule has 0 fully saturated rings. The first-order valence-corrected chi connectivity index (χ1v) is 6.29. The fourth-order valence-corrected chi connectivity index (χ4v) is 1.86. The van der Waals surface area contributed by atoms with E-state index in [4.69, 9.17) is 0 Å². The Morgan fingerprint density at radius 2 is 2.00 bits per heavy atom. The zero-order chi connectivity index (χ0) is 12.1.